The highest BCUT2D eigenvalue weighted by atomic mass is 32.2. The van der Waals surface area contributed by atoms with E-state index in [9.17, 15) is 0 Å². The molecular weight excluding hydrogens is 382 g/mol. The van der Waals surface area contributed by atoms with Gasteiger partial charge in [0, 0.05) is 39.3 Å². The summed E-state index contributed by atoms with van der Waals surface area (Å²) < 4.78 is 0. The Labute approximate surface area is 167 Å². The molecule has 0 radical (unpaired) electrons. The summed E-state index contributed by atoms with van der Waals surface area (Å²) in [4.78, 5) is 25.3. The van der Waals surface area contributed by atoms with Crippen LogP contribution < -0.4 is 38.5 Å². The molecule has 0 aromatic carbocycles. The van der Waals surface area contributed by atoms with Crippen LogP contribution in [0.2, 0.25) is 0 Å². The van der Waals surface area contributed by atoms with Gasteiger partial charge in [0.25, 0.3) is 0 Å². The number of thioether (sulfide) groups is 1. The fraction of sp³-hybridized carbons (Fsp3) is 0.571. The lowest BCUT2D eigenvalue weighted by molar-refractivity contribution is 0.878. The molecule has 0 aliphatic rings. The lowest BCUT2D eigenvalue weighted by atomic mass is 10.6. The van der Waals surface area contributed by atoms with Crippen molar-refractivity contribution in [2.24, 2.45) is 11.5 Å². The third-order valence-electron chi connectivity index (χ3n) is 3.09. The molecule has 0 saturated heterocycles. The maximum atomic E-state index is 5.69. The zero-order valence-corrected chi connectivity index (χ0v) is 16.6. The second-order valence-electron chi connectivity index (χ2n) is 5.32. The number of aromatic nitrogens is 6. The maximum absolute atomic E-state index is 5.69. The smallest absolute Gasteiger partial charge is 0.229 e. The van der Waals surface area contributed by atoms with E-state index in [4.69, 9.17) is 17.2 Å². The summed E-state index contributed by atoms with van der Waals surface area (Å²) in [6.45, 7) is 5.18. The maximum Gasteiger partial charge on any atom is 0.229 e. The van der Waals surface area contributed by atoms with Crippen molar-refractivity contribution in [2.45, 2.75) is 12.1 Å². The minimum absolute atomic E-state index is 0.124. The average Bonchev–Trinajstić information content (AvgIpc) is 2.68. The fourth-order valence-corrected chi connectivity index (χ4v) is 2.54. The molecule has 13 nitrogen and oxygen atoms in total. The van der Waals surface area contributed by atoms with E-state index in [0.29, 0.717) is 68.2 Å². The first kappa shape index (κ1) is 21.6. The van der Waals surface area contributed by atoms with Crippen LogP contribution in [0.1, 0.15) is 6.92 Å². The van der Waals surface area contributed by atoms with Gasteiger partial charge in [0.05, 0.1) is 0 Å². The van der Waals surface area contributed by atoms with E-state index in [1.165, 1.54) is 11.8 Å². The Balaban J connectivity index is 1.90. The Morgan fingerprint density at radius 2 is 1.11 bits per heavy atom. The molecule has 0 fully saturated rings. The van der Waals surface area contributed by atoms with Crippen LogP contribution >= 0.6 is 11.8 Å². The quantitative estimate of drug-likeness (QED) is 0.157. The number of anilines is 5. The van der Waals surface area contributed by atoms with Crippen molar-refractivity contribution in [3.63, 3.8) is 0 Å². The minimum atomic E-state index is 0.124. The standard InChI is InChI=1S/C14H27N13S/c1-2-28-14-26-12(19-6-4-16)25-13(27-14)21-8-7-20-11-23-9(17)22-10(24-11)18-5-3-15/h2-8,15-16H2,1H3,(H2,19,21,25,26,27)(H4,17,18,20,22,23,24). The van der Waals surface area contributed by atoms with Crippen LogP contribution in [0.3, 0.4) is 0 Å². The SMILES string of the molecule is CCSc1nc(NCCN)nc(NCCNc2nc(N)nc(NCCN)n2)n1. The minimum Gasteiger partial charge on any atom is -0.368 e. The van der Waals surface area contributed by atoms with Gasteiger partial charge in [0.2, 0.25) is 29.7 Å². The lowest BCUT2D eigenvalue weighted by Crippen LogP contribution is -2.20. The molecule has 154 valence electrons. The molecule has 2 heterocycles. The van der Waals surface area contributed by atoms with E-state index in [1.807, 2.05) is 6.92 Å². The zero-order chi connectivity index (χ0) is 20.2. The number of nitrogen functional groups attached to an aromatic ring is 1. The second-order valence-corrected chi connectivity index (χ2v) is 6.55. The molecule has 14 heteroatoms. The van der Waals surface area contributed by atoms with E-state index in [2.05, 4.69) is 51.2 Å². The van der Waals surface area contributed by atoms with Crippen LogP contribution in [-0.4, -0.2) is 74.9 Å². The van der Waals surface area contributed by atoms with Gasteiger partial charge in [-0.2, -0.15) is 29.9 Å². The van der Waals surface area contributed by atoms with E-state index in [0.717, 1.165) is 5.75 Å². The molecule has 0 amide bonds. The Bertz CT molecular complexity index is 728. The number of hydrogen-bond donors (Lipinski definition) is 7. The van der Waals surface area contributed by atoms with Gasteiger partial charge in [-0.15, -0.1) is 0 Å². The van der Waals surface area contributed by atoms with Crippen LogP contribution in [0, 0.1) is 0 Å². The summed E-state index contributed by atoms with van der Waals surface area (Å²) in [7, 11) is 0. The molecule has 0 unspecified atom stereocenters. The van der Waals surface area contributed by atoms with Crippen LogP contribution in [0.25, 0.3) is 0 Å². The van der Waals surface area contributed by atoms with Crippen LogP contribution in [0.4, 0.5) is 29.7 Å². The van der Waals surface area contributed by atoms with Gasteiger partial charge in [-0.3, -0.25) is 0 Å². The monoisotopic (exact) mass is 409 g/mol. The molecule has 0 bridgehead atoms. The van der Waals surface area contributed by atoms with Crippen LogP contribution in [0.15, 0.2) is 5.16 Å². The number of rotatable bonds is 13. The molecule has 0 spiro atoms. The number of nitrogens with two attached hydrogens (primary N) is 3. The fourth-order valence-electron chi connectivity index (χ4n) is 1.98. The van der Waals surface area contributed by atoms with Crippen molar-refractivity contribution in [2.75, 3.05) is 72.0 Å². The normalized spacial score (nSPS) is 10.5. The summed E-state index contributed by atoms with van der Waals surface area (Å²) in [6.07, 6.45) is 0. The summed E-state index contributed by atoms with van der Waals surface area (Å²) >= 11 is 1.54. The van der Waals surface area contributed by atoms with Crippen molar-refractivity contribution in [3.05, 3.63) is 0 Å². The predicted molar refractivity (Wildman–Crippen MR) is 113 cm³/mol. The van der Waals surface area contributed by atoms with Gasteiger partial charge in [0.1, 0.15) is 0 Å². The third kappa shape index (κ3) is 7.50. The van der Waals surface area contributed by atoms with Crippen LogP contribution in [-0.2, 0) is 0 Å². The molecule has 28 heavy (non-hydrogen) atoms. The molecule has 2 aromatic heterocycles. The molecule has 2 rings (SSSR count). The first-order chi connectivity index (χ1) is 13.6. The van der Waals surface area contributed by atoms with Crippen molar-refractivity contribution in [1.82, 2.24) is 29.9 Å². The third-order valence-corrected chi connectivity index (χ3v) is 3.82. The predicted octanol–water partition coefficient (Wildman–Crippen LogP) is -0.984. The Kier molecular flexibility index (Phi) is 9.17. The number of nitrogens with one attached hydrogen (secondary N) is 4. The molecule has 0 aliphatic heterocycles. The average molecular weight is 410 g/mol. The van der Waals surface area contributed by atoms with E-state index in [-0.39, 0.29) is 5.95 Å². The summed E-state index contributed by atoms with van der Waals surface area (Å²) in [6, 6.07) is 0. The first-order valence-electron chi connectivity index (χ1n) is 8.90. The van der Waals surface area contributed by atoms with Crippen molar-refractivity contribution in [3.8, 4) is 0 Å². The summed E-state index contributed by atoms with van der Waals surface area (Å²) in [5, 5.41) is 12.9. The van der Waals surface area contributed by atoms with E-state index < -0.39 is 0 Å². The van der Waals surface area contributed by atoms with Crippen molar-refractivity contribution >= 4 is 41.5 Å². The first-order valence-corrected chi connectivity index (χ1v) is 9.89. The molecular formula is C14H27N13S. The van der Waals surface area contributed by atoms with Gasteiger partial charge in [-0.1, -0.05) is 18.7 Å². The zero-order valence-electron chi connectivity index (χ0n) is 15.8. The van der Waals surface area contributed by atoms with Gasteiger partial charge < -0.3 is 38.5 Å². The highest BCUT2D eigenvalue weighted by Gasteiger charge is 2.07. The van der Waals surface area contributed by atoms with Gasteiger partial charge in [-0.25, -0.2) is 0 Å². The molecule has 0 atom stereocenters. The van der Waals surface area contributed by atoms with E-state index in [1.54, 1.807) is 0 Å². The Hall–Kier alpha value is -2.71. The van der Waals surface area contributed by atoms with Crippen molar-refractivity contribution in [1.29, 1.82) is 0 Å². The highest BCUT2D eigenvalue weighted by Crippen LogP contribution is 2.15. The summed E-state index contributed by atoms with van der Waals surface area (Å²) in [5.41, 5.74) is 16.7. The topological polar surface area (TPSA) is 204 Å². The van der Waals surface area contributed by atoms with Gasteiger partial charge in [-0.05, 0) is 5.75 Å². The van der Waals surface area contributed by atoms with E-state index >= 15 is 0 Å². The highest BCUT2D eigenvalue weighted by molar-refractivity contribution is 7.99. The molecule has 2 aromatic rings. The molecule has 10 N–H and O–H groups in total. The number of nitrogens with zero attached hydrogens (tertiary/aromatic N) is 6. The Morgan fingerprint density at radius 3 is 1.54 bits per heavy atom. The van der Waals surface area contributed by atoms with Gasteiger partial charge in [0.15, 0.2) is 5.16 Å². The van der Waals surface area contributed by atoms with Crippen molar-refractivity contribution < 1.29 is 0 Å². The lowest BCUT2D eigenvalue weighted by Gasteiger charge is -2.10. The van der Waals surface area contributed by atoms with Crippen LogP contribution in [0.5, 0.6) is 0 Å². The van der Waals surface area contributed by atoms with Gasteiger partial charge >= 0.3 is 0 Å². The Morgan fingerprint density at radius 1 is 0.679 bits per heavy atom. The summed E-state index contributed by atoms with van der Waals surface area (Å²) in [5.74, 6) is 2.71. The molecule has 0 aliphatic carbocycles. The second kappa shape index (κ2) is 11.9. The largest absolute Gasteiger partial charge is 0.368 e. The molecule has 0 saturated carbocycles. The number of hydrogen-bond acceptors (Lipinski definition) is 14.